The summed E-state index contributed by atoms with van der Waals surface area (Å²) in [4.78, 5) is 16.7. The summed E-state index contributed by atoms with van der Waals surface area (Å²) in [6, 6.07) is 7.65. The molecule has 0 aliphatic carbocycles. The monoisotopic (exact) mass is 345 g/mol. The van der Waals surface area contributed by atoms with Crippen LogP contribution in [0, 0.1) is 5.41 Å². The Morgan fingerprint density at radius 3 is 2.56 bits per heavy atom. The lowest BCUT2D eigenvalue weighted by Gasteiger charge is -2.38. The number of fused-ring (bicyclic) bond motifs is 1. The summed E-state index contributed by atoms with van der Waals surface area (Å²) in [6.07, 6.45) is -0.365. The Kier molecular flexibility index (Phi) is 5.06. The van der Waals surface area contributed by atoms with Gasteiger partial charge in [0.2, 0.25) is 5.91 Å². The first kappa shape index (κ1) is 17.8. The zero-order valence-electron chi connectivity index (χ0n) is 15.2. The van der Waals surface area contributed by atoms with Crippen molar-refractivity contribution in [3.8, 4) is 0 Å². The molecule has 1 aliphatic rings. The van der Waals surface area contributed by atoms with Crippen LogP contribution in [0.2, 0.25) is 0 Å². The van der Waals surface area contributed by atoms with Crippen molar-refractivity contribution in [2.24, 2.45) is 5.41 Å². The Balaban J connectivity index is 1.53. The minimum Gasteiger partial charge on any atom is -0.391 e. The van der Waals surface area contributed by atoms with Gasteiger partial charge in [0, 0.05) is 32.7 Å². The van der Waals surface area contributed by atoms with E-state index < -0.39 is 0 Å². The van der Waals surface area contributed by atoms with Crippen molar-refractivity contribution in [3.63, 3.8) is 0 Å². The minimum atomic E-state index is -0.365. The molecular weight excluding hydrogens is 318 g/mol. The van der Waals surface area contributed by atoms with E-state index in [9.17, 15) is 9.90 Å². The molecule has 0 spiro atoms. The molecule has 7 heteroatoms. The molecule has 0 saturated carbocycles. The number of piperazine rings is 1. The van der Waals surface area contributed by atoms with Crippen LogP contribution in [-0.2, 0) is 11.3 Å². The summed E-state index contributed by atoms with van der Waals surface area (Å²) in [7, 11) is 0. The smallest absolute Gasteiger partial charge is 0.244 e. The third-order valence-electron chi connectivity index (χ3n) is 4.86. The molecule has 7 nitrogen and oxygen atoms in total. The first-order valence-corrected chi connectivity index (χ1v) is 8.81. The van der Waals surface area contributed by atoms with E-state index in [1.54, 1.807) is 4.68 Å². The number of aliphatic hydroxyl groups is 1. The average molecular weight is 345 g/mol. The second-order valence-electron chi connectivity index (χ2n) is 7.80. The second-order valence-corrected chi connectivity index (χ2v) is 7.80. The Hall–Kier alpha value is -1.99. The molecule has 2 aromatic rings. The molecule has 25 heavy (non-hydrogen) atoms. The van der Waals surface area contributed by atoms with Gasteiger partial charge in [0.15, 0.2) is 0 Å². The predicted molar refractivity (Wildman–Crippen MR) is 96.0 cm³/mol. The van der Waals surface area contributed by atoms with E-state index in [1.165, 1.54) is 0 Å². The molecule has 1 saturated heterocycles. The summed E-state index contributed by atoms with van der Waals surface area (Å²) in [5.74, 6) is 0.0617. The molecule has 1 atom stereocenters. The quantitative estimate of drug-likeness (QED) is 0.894. The zero-order chi connectivity index (χ0) is 18.0. The molecule has 0 bridgehead atoms. The van der Waals surface area contributed by atoms with Crippen molar-refractivity contribution in [3.05, 3.63) is 24.3 Å². The van der Waals surface area contributed by atoms with Gasteiger partial charge >= 0.3 is 0 Å². The maximum atomic E-state index is 12.6. The van der Waals surface area contributed by atoms with Crippen LogP contribution in [0.5, 0.6) is 0 Å². The minimum absolute atomic E-state index is 0.0617. The van der Waals surface area contributed by atoms with Crippen molar-refractivity contribution in [1.82, 2.24) is 24.8 Å². The van der Waals surface area contributed by atoms with E-state index in [1.807, 2.05) is 49.9 Å². The van der Waals surface area contributed by atoms with Crippen LogP contribution < -0.4 is 0 Å². The number of hydrogen-bond donors (Lipinski definition) is 1. The van der Waals surface area contributed by atoms with Gasteiger partial charge in [-0.2, -0.15) is 0 Å². The van der Waals surface area contributed by atoms with Gasteiger partial charge in [-0.25, -0.2) is 4.68 Å². The molecule has 1 aromatic carbocycles. The Morgan fingerprint density at radius 1 is 1.20 bits per heavy atom. The van der Waals surface area contributed by atoms with Crippen LogP contribution in [-0.4, -0.2) is 74.6 Å². The van der Waals surface area contributed by atoms with E-state index >= 15 is 0 Å². The third kappa shape index (κ3) is 4.16. The zero-order valence-corrected chi connectivity index (χ0v) is 15.2. The Morgan fingerprint density at radius 2 is 1.88 bits per heavy atom. The summed E-state index contributed by atoms with van der Waals surface area (Å²) in [6.45, 7) is 9.93. The maximum Gasteiger partial charge on any atom is 0.244 e. The second kappa shape index (κ2) is 7.09. The lowest BCUT2D eigenvalue weighted by molar-refractivity contribution is -0.134. The van der Waals surface area contributed by atoms with Crippen LogP contribution in [0.15, 0.2) is 24.3 Å². The summed E-state index contributed by atoms with van der Waals surface area (Å²) >= 11 is 0. The van der Waals surface area contributed by atoms with Crippen molar-refractivity contribution in [1.29, 1.82) is 0 Å². The maximum absolute atomic E-state index is 12.6. The lowest BCUT2D eigenvalue weighted by atomic mass is 9.89. The highest BCUT2D eigenvalue weighted by Gasteiger charge is 2.27. The number of para-hydroxylation sites is 1. The molecule has 2 heterocycles. The number of hydrogen-bond acceptors (Lipinski definition) is 5. The molecule has 1 amide bonds. The van der Waals surface area contributed by atoms with Gasteiger partial charge in [-0.15, -0.1) is 5.10 Å². The van der Waals surface area contributed by atoms with Crippen molar-refractivity contribution in [2.75, 3.05) is 32.7 Å². The first-order chi connectivity index (χ1) is 11.8. The molecule has 1 aliphatic heterocycles. The topological polar surface area (TPSA) is 74.5 Å². The summed E-state index contributed by atoms with van der Waals surface area (Å²) < 4.78 is 1.66. The number of aliphatic hydroxyl groups excluding tert-OH is 1. The number of amides is 1. The number of carbonyl (C=O) groups is 1. The van der Waals surface area contributed by atoms with Gasteiger partial charge in [-0.3, -0.25) is 9.69 Å². The van der Waals surface area contributed by atoms with Gasteiger partial charge in [0.05, 0.1) is 11.6 Å². The molecule has 3 rings (SSSR count). The van der Waals surface area contributed by atoms with Crippen LogP contribution in [0.25, 0.3) is 11.0 Å². The van der Waals surface area contributed by atoms with Crippen molar-refractivity contribution >= 4 is 16.9 Å². The number of rotatable bonds is 4. The van der Waals surface area contributed by atoms with E-state index in [0.717, 1.165) is 24.1 Å². The number of benzene rings is 1. The Labute approximate surface area is 148 Å². The van der Waals surface area contributed by atoms with Gasteiger partial charge in [-0.05, 0) is 17.5 Å². The lowest BCUT2D eigenvalue weighted by Crippen LogP contribution is -2.52. The van der Waals surface area contributed by atoms with Crippen LogP contribution in [0.1, 0.15) is 20.8 Å². The highest BCUT2D eigenvalue weighted by Crippen LogP contribution is 2.20. The molecule has 1 N–H and O–H groups in total. The van der Waals surface area contributed by atoms with E-state index in [4.69, 9.17) is 0 Å². The fourth-order valence-electron chi connectivity index (χ4n) is 2.96. The standard InChI is InChI=1S/C18H27N5O2/c1-18(2,3)16(24)12-21-8-10-22(11-9-21)17(25)13-23-15-7-5-4-6-14(15)19-20-23/h4-7,16,24H,8-13H2,1-3H3. The third-order valence-corrected chi connectivity index (χ3v) is 4.86. The van der Waals surface area contributed by atoms with E-state index in [-0.39, 0.29) is 24.0 Å². The largest absolute Gasteiger partial charge is 0.391 e. The molecule has 0 radical (unpaired) electrons. The normalized spacial score (nSPS) is 17.8. The fraction of sp³-hybridized carbons (Fsp3) is 0.611. The Bertz CT molecular complexity index is 728. The number of aromatic nitrogens is 3. The van der Waals surface area contributed by atoms with Gasteiger partial charge in [0.25, 0.3) is 0 Å². The van der Waals surface area contributed by atoms with E-state index in [0.29, 0.717) is 19.6 Å². The van der Waals surface area contributed by atoms with E-state index in [2.05, 4.69) is 15.2 Å². The molecule has 136 valence electrons. The summed E-state index contributed by atoms with van der Waals surface area (Å²) in [5.41, 5.74) is 1.56. The number of nitrogens with zero attached hydrogens (tertiary/aromatic N) is 5. The van der Waals surface area contributed by atoms with Crippen molar-refractivity contribution < 1.29 is 9.90 Å². The molecule has 1 fully saturated rings. The van der Waals surface area contributed by atoms with Crippen LogP contribution >= 0.6 is 0 Å². The molecule has 1 aromatic heterocycles. The summed E-state index contributed by atoms with van der Waals surface area (Å²) in [5, 5.41) is 18.4. The predicted octanol–water partition coefficient (Wildman–Crippen LogP) is 0.982. The molecular formula is C18H27N5O2. The van der Waals surface area contributed by atoms with Crippen LogP contribution in [0.3, 0.4) is 0 Å². The number of carbonyl (C=O) groups excluding carboxylic acids is 1. The highest BCUT2D eigenvalue weighted by atomic mass is 16.3. The highest BCUT2D eigenvalue weighted by molar-refractivity contribution is 5.79. The molecule has 1 unspecified atom stereocenters. The fourth-order valence-corrected chi connectivity index (χ4v) is 2.96. The van der Waals surface area contributed by atoms with Gasteiger partial charge < -0.3 is 10.0 Å². The van der Waals surface area contributed by atoms with Gasteiger partial charge in [-0.1, -0.05) is 38.1 Å². The number of β-amino-alcohol motifs (C(OH)–C–C–N with tert-alkyl or cyclic N) is 1. The average Bonchev–Trinajstić information content (AvgIpc) is 2.98. The SMILES string of the molecule is CC(C)(C)C(O)CN1CCN(C(=O)Cn2nnc3ccccc32)CC1. The van der Waals surface area contributed by atoms with Crippen LogP contribution in [0.4, 0.5) is 0 Å². The first-order valence-electron chi connectivity index (χ1n) is 8.81. The van der Waals surface area contributed by atoms with Gasteiger partial charge in [0.1, 0.15) is 12.1 Å². The van der Waals surface area contributed by atoms with Crippen molar-refractivity contribution in [2.45, 2.75) is 33.4 Å².